The Kier molecular flexibility index (Phi) is 6.08. The summed E-state index contributed by atoms with van der Waals surface area (Å²) in [6, 6.07) is 13.5. The van der Waals surface area contributed by atoms with Gasteiger partial charge in [0.25, 0.3) is 5.56 Å². The van der Waals surface area contributed by atoms with Crippen molar-refractivity contribution in [1.82, 2.24) is 19.2 Å². The maximum Gasteiger partial charge on any atom is 0.305 e. The van der Waals surface area contributed by atoms with Gasteiger partial charge in [-0.25, -0.2) is 4.57 Å². The minimum absolute atomic E-state index is 0.119. The first kappa shape index (κ1) is 21.1. The molecule has 0 spiro atoms. The Morgan fingerprint density at radius 3 is 2.55 bits per heavy atom. The summed E-state index contributed by atoms with van der Waals surface area (Å²) in [7, 11) is 0. The number of thioether (sulfide) groups is 1. The van der Waals surface area contributed by atoms with Crippen molar-refractivity contribution in [2.45, 2.75) is 38.8 Å². The van der Waals surface area contributed by atoms with E-state index in [2.05, 4.69) is 10.2 Å². The minimum atomic E-state index is -0.191. The zero-order valence-electron chi connectivity index (χ0n) is 17.8. The largest absolute Gasteiger partial charge is 0.466 e. The molecule has 0 saturated heterocycles. The molecule has 0 unspecified atom stereocenters. The summed E-state index contributed by atoms with van der Waals surface area (Å²) in [4.78, 5) is 25.1. The highest BCUT2D eigenvalue weighted by molar-refractivity contribution is 7.99. The number of benzene rings is 2. The van der Waals surface area contributed by atoms with Crippen LogP contribution in [0.3, 0.4) is 0 Å². The Labute approximate surface area is 184 Å². The zero-order chi connectivity index (χ0) is 22.0. The van der Waals surface area contributed by atoms with Crippen LogP contribution in [0.25, 0.3) is 22.4 Å². The minimum Gasteiger partial charge on any atom is -0.466 e. The first-order valence-electron chi connectivity index (χ1n) is 10.3. The van der Waals surface area contributed by atoms with Gasteiger partial charge in [-0.3, -0.25) is 14.0 Å². The van der Waals surface area contributed by atoms with Crippen molar-refractivity contribution in [3.05, 3.63) is 63.9 Å². The number of nitrogens with zero attached hydrogens (tertiary/aromatic N) is 4. The third kappa shape index (κ3) is 3.95. The molecular formula is C23H24N4O3S. The summed E-state index contributed by atoms with van der Waals surface area (Å²) in [5, 5.41) is 10.1. The lowest BCUT2D eigenvalue weighted by Crippen LogP contribution is -2.23. The van der Waals surface area contributed by atoms with Gasteiger partial charge in [-0.15, -0.1) is 10.2 Å². The maximum absolute atomic E-state index is 13.5. The lowest BCUT2D eigenvalue weighted by atomic mass is 10.1. The number of rotatable bonds is 7. The van der Waals surface area contributed by atoms with Gasteiger partial charge in [0.2, 0.25) is 5.78 Å². The lowest BCUT2D eigenvalue weighted by molar-refractivity contribution is -0.143. The summed E-state index contributed by atoms with van der Waals surface area (Å²) >= 11 is 1.52. The van der Waals surface area contributed by atoms with Crippen LogP contribution in [0.1, 0.15) is 30.9 Å². The average Bonchev–Trinajstić information content (AvgIpc) is 3.17. The number of hydrogen-bond donors (Lipinski definition) is 0. The van der Waals surface area contributed by atoms with Crippen LogP contribution in [0.2, 0.25) is 0 Å². The van der Waals surface area contributed by atoms with Gasteiger partial charge < -0.3 is 4.74 Å². The van der Waals surface area contributed by atoms with Crippen LogP contribution in [0, 0.1) is 13.8 Å². The van der Waals surface area contributed by atoms with E-state index >= 15 is 0 Å². The van der Waals surface area contributed by atoms with Gasteiger partial charge in [-0.05, 0) is 50.5 Å². The molecule has 4 rings (SSSR count). The SMILES string of the molecule is CCOC(=O)CCCSc1nnc2n(-c3c(C)cccc3C)c(=O)c3ccccc3n12. The molecule has 31 heavy (non-hydrogen) atoms. The van der Waals surface area contributed by atoms with Gasteiger partial charge in [-0.2, -0.15) is 0 Å². The molecule has 8 heteroatoms. The number of esters is 1. The van der Waals surface area contributed by atoms with Crippen LogP contribution in [0.5, 0.6) is 0 Å². The predicted molar refractivity (Wildman–Crippen MR) is 122 cm³/mol. The Hall–Kier alpha value is -3.13. The summed E-state index contributed by atoms with van der Waals surface area (Å²) in [5.41, 5.74) is 3.46. The van der Waals surface area contributed by atoms with Crippen molar-refractivity contribution in [1.29, 1.82) is 0 Å². The van der Waals surface area contributed by atoms with E-state index in [0.717, 1.165) is 22.3 Å². The number of carbonyl (C=O) groups excluding carboxylic acids is 1. The third-order valence-corrected chi connectivity index (χ3v) is 6.13. The van der Waals surface area contributed by atoms with Crippen LogP contribution >= 0.6 is 11.8 Å². The lowest BCUT2D eigenvalue weighted by Gasteiger charge is -2.15. The molecule has 0 aliphatic heterocycles. The molecule has 0 atom stereocenters. The van der Waals surface area contributed by atoms with Crippen LogP contribution in [-0.2, 0) is 9.53 Å². The molecule has 0 fully saturated rings. The van der Waals surface area contributed by atoms with E-state index in [-0.39, 0.29) is 11.5 Å². The van der Waals surface area contributed by atoms with Crippen molar-refractivity contribution in [3.8, 4) is 5.69 Å². The van der Waals surface area contributed by atoms with Crippen molar-refractivity contribution in [2.75, 3.05) is 12.4 Å². The first-order chi connectivity index (χ1) is 15.0. The molecule has 0 aliphatic carbocycles. The normalized spacial score (nSPS) is 11.3. The Morgan fingerprint density at radius 2 is 1.81 bits per heavy atom. The summed E-state index contributed by atoms with van der Waals surface area (Å²) < 4.78 is 8.57. The third-order valence-electron chi connectivity index (χ3n) is 5.12. The first-order valence-corrected chi connectivity index (χ1v) is 11.3. The zero-order valence-corrected chi connectivity index (χ0v) is 18.6. The van der Waals surface area contributed by atoms with Gasteiger partial charge in [-0.1, -0.05) is 42.1 Å². The van der Waals surface area contributed by atoms with Crippen LogP contribution in [0.15, 0.2) is 52.4 Å². The molecule has 2 aromatic heterocycles. The van der Waals surface area contributed by atoms with E-state index in [0.29, 0.717) is 41.5 Å². The highest BCUT2D eigenvalue weighted by Gasteiger charge is 2.19. The van der Waals surface area contributed by atoms with Crippen LogP contribution in [0.4, 0.5) is 0 Å². The van der Waals surface area contributed by atoms with Gasteiger partial charge in [0.1, 0.15) is 0 Å². The number of carbonyl (C=O) groups is 1. The second kappa shape index (κ2) is 8.93. The summed E-state index contributed by atoms with van der Waals surface area (Å²) in [6.45, 7) is 6.17. The molecule has 4 aromatic rings. The average molecular weight is 437 g/mol. The highest BCUT2D eigenvalue weighted by Crippen LogP contribution is 2.26. The van der Waals surface area contributed by atoms with Gasteiger partial charge >= 0.3 is 5.97 Å². The van der Waals surface area contributed by atoms with E-state index in [1.807, 2.05) is 60.7 Å². The second-order valence-electron chi connectivity index (χ2n) is 7.27. The number of ether oxygens (including phenoxy) is 1. The van der Waals surface area contributed by atoms with Crippen molar-refractivity contribution < 1.29 is 9.53 Å². The number of fused-ring (bicyclic) bond motifs is 3. The molecule has 2 aromatic carbocycles. The van der Waals surface area contributed by atoms with E-state index in [9.17, 15) is 9.59 Å². The van der Waals surface area contributed by atoms with E-state index in [4.69, 9.17) is 4.74 Å². The molecule has 0 bridgehead atoms. The van der Waals surface area contributed by atoms with E-state index < -0.39 is 0 Å². The van der Waals surface area contributed by atoms with Crippen LogP contribution in [-0.4, -0.2) is 37.5 Å². The molecule has 0 radical (unpaired) electrons. The number of aromatic nitrogens is 4. The maximum atomic E-state index is 13.5. The van der Waals surface area contributed by atoms with Crippen molar-refractivity contribution in [2.24, 2.45) is 0 Å². The predicted octanol–water partition coefficient (Wildman–Crippen LogP) is 4.09. The fourth-order valence-electron chi connectivity index (χ4n) is 3.75. The van der Waals surface area contributed by atoms with Crippen LogP contribution < -0.4 is 5.56 Å². The molecule has 160 valence electrons. The number of aryl methyl sites for hydroxylation is 2. The summed E-state index contributed by atoms with van der Waals surface area (Å²) in [5.74, 6) is 0.980. The molecule has 0 amide bonds. The summed E-state index contributed by atoms with van der Waals surface area (Å²) in [6.07, 6.45) is 1.04. The Bertz CT molecular complexity index is 1310. The number of hydrogen-bond acceptors (Lipinski definition) is 6. The van der Waals surface area contributed by atoms with Gasteiger partial charge in [0.15, 0.2) is 5.16 Å². The quantitative estimate of drug-likeness (QED) is 0.247. The number of para-hydroxylation sites is 2. The second-order valence-corrected chi connectivity index (χ2v) is 8.34. The Morgan fingerprint density at radius 1 is 1.06 bits per heavy atom. The molecule has 7 nitrogen and oxygen atoms in total. The van der Waals surface area contributed by atoms with E-state index in [1.165, 1.54) is 11.8 Å². The van der Waals surface area contributed by atoms with Gasteiger partial charge in [0.05, 0.1) is 23.2 Å². The van der Waals surface area contributed by atoms with E-state index in [1.54, 1.807) is 11.5 Å². The monoisotopic (exact) mass is 436 g/mol. The Balaban J connectivity index is 1.82. The topological polar surface area (TPSA) is 78.5 Å². The molecular weight excluding hydrogens is 412 g/mol. The highest BCUT2D eigenvalue weighted by atomic mass is 32.2. The standard InChI is InChI=1S/C23H24N4O3S/c1-4-30-19(28)13-8-14-31-23-25-24-22-26(23)18-12-6-5-11-17(18)21(29)27(22)20-15(2)9-7-10-16(20)3/h5-7,9-12H,4,8,13-14H2,1-3H3. The van der Waals surface area contributed by atoms with Crippen molar-refractivity contribution in [3.63, 3.8) is 0 Å². The smallest absolute Gasteiger partial charge is 0.305 e. The fraction of sp³-hybridized carbons (Fsp3) is 0.304. The fourth-order valence-corrected chi connectivity index (χ4v) is 4.62. The van der Waals surface area contributed by atoms with Gasteiger partial charge in [0, 0.05) is 12.2 Å². The molecule has 2 heterocycles. The molecule has 0 saturated carbocycles. The van der Waals surface area contributed by atoms with Crippen molar-refractivity contribution >= 4 is 34.4 Å². The molecule has 0 aliphatic rings. The molecule has 0 N–H and O–H groups in total.